The second-order valence-electron chi connectivity index (χ2n) is 8.30. The van der Waals surface area contributed by atoms with Crippen LogP contribution in [0.1, 0.15) is 19.6 Å². The number of rotatable bonds is 0. The van der Waals surface area contributed by atoms with E-state index >= 15 is 0 Å². The monoisotopic (exact) mass is 382 g/mol. The molecular formula is C24H18N2O3. The number of hydrogen-bond acceptors (Lipinski definition) is 3. The molecule has 5 aromatic rings. The van der Waals surface area contributed by atoms with E-state index in [0.29, 0.717) is 0 Å². The zero-order valence-electron chi connectivity index (χ0n) is 15.8. The molecule has 4 heterocycles. The number of ether oxygens (including phenoxy) is 1. The minimum Gasteiger partial charge on any atom is -0.380 e. The fourth-order valence-electron chi connectivity index (χ4n) is 5.58. The molecule has 0 unspecified atom stereocenters. The molecule has 5 nitrogen and oxygen atoms in total. The van der Waals surface area contributed by atoms with E-state index in [0.717, 1.165) is 43.6 Å². The van der Waals surface area contributed by atoms with Crippen molar-refractivity contribution in [3.63, 3.8) is 0 Å². The zero-order valence-corrected chi connectivity index (χ0v) is 15.8. The van der Waals surface area contributed by atoms with Crippen LogP contribution >= 0.6 is 0 Å². The van der Waals surface area contributed by atoms with Crippen LogP contribution in [0.25, 0.3) is 43.6 Å². The van der Waals surface area contributed by atoms with Crippen LogP contribution in [0.15, 0.2) is 60.7 Å². The van der Waals surface area contributed by atoms with Crippen LogP contribution in [0, 0.1) is 0 Å². The third-order valence-electron chi connectivity index (χ3n) is 6.80. The lowest BCUT2D eigenvalue weighted by atomic mass is 9.97. The standard InChI is InChI=1S/C24H18N2O3/c1-24-23(28)19(27)12-20(29-24)25-17-8-4-2-6-13(17)15-10-11-16-14-7-3-5-9-18(14)26(24)22(16)21(15)25/h2-11,20,23,28H,12H2,1H3/t20-,23-,24+/m1/s1. The second kappa shape index (κ2) is 4.87. The number of aliphatic hydroxyl groups is 1. The van der Waals surface area contributed by atoms with Crippen LogP contribution < -0.4 is 0 Å². The summed E-state index contributed by atoms with van der Waals surface area (Å²) >= 11 is 0. The molecule has 0 aliphatic carbocycles. The number of hydrogen-bond donors (Lipinski definition) is 1. The quantitative estimate of drug-likeness (QED) is 0.431. The molecule has 2 aliphatic heterocycles. The van der Waals surface area contributed by atoms with Crippen molar-refractivity contribution in [1.29, 1.82) is 0 Å². The van der Waals surface area contributed by atoms with E-state index in [1.54, 1.807) is 0 Å². The van der Waals surface area contributed by atoms with Crippen molar-refractivity contribution in [2.24, 2.45) is 0 Å². The highest BCUT2D eigenvalue weighted by atomic mass is 16.6. The van der Waals surface area contributed by atoms with Gasteiger partial charge in [0.2, 0.25) is 0 Å². The van der Waals surface area contributed by atoms with E-state index in [1.807, 2.05) is 37.3 Å². The average molecular weight is 382 g/mol. The highest BCUT2D eigenvalue weighted by Crippen LogP contribution is 2.49. The third kappa shape index (κ3) is 1.64. The Morgan fingerprint density at radius 1 is 0.897 bits per heavy atom. The van der Waals surface area contributed by atoms with Gasteiger partial charge in [-0.2, -0.15) is 0 Å². The van der Waals surface area contributed by atoms with Crippen LogP contribution in [-0.2, 0) is 15.3 Å². The maximum Gasteiger partial charge on any atom is 0.178 e. The van der Waals surface area contributed by atoms with Gasteiger partial charge in [0.15, 0.2) is 17.6 Å². The summed E-state index contributed by atoms with van der Waals surface area (Å²) in [5, 5.41) is 15.5. The number of para-hydroxylation sites is 2. The Bertz CT molecular complexity index is 1530. The molecule has 0 radical (unpaired) electrons. The van der Waals surface area contributed by atoms with Crippen molar-refractivity contribution in [2.75, 3.05) is 0 Å². The van der Waals surface area contributed by atoms with Gasteiger partial charge in [-0.1, -0.05) is 48.5 Å². The first kappa shape index (κ1) is 15.7. The Labute approximate surface area is 165 Å². The number of carbonyl (C=O) groups is 1. The Balaban J connectivity index is 1.85. The third-order valence-corrected chi connectivity index (χ3v) is 6.80. The lowest BCUT2D eigenvalue weighted by molar-refractivity contribution is -0.230. The molecule has 0 saturated carbocycles. The highest BCUT2D eigenvalue weighted by molar-refractivity contribution is 6.23. The number of benzene rings is 3. The summed E-state index contributed by atoms with van der Waals surface area (Å²) in [5.41, 5.74) is 2.92. The molecule has 2 aliphatic rings. The molecule has 5 heteroatoms. The van der Waals surface area contributed by atoms with Crippen molar-refractivity contribution in [1.82, 2.24) is 9.13 Å². The van der Waals surface area contributed by atoms with Crippen LogP contribution in [0.5, 0.6) is 0 Å². The summed E-state index contributed by atoms with van der Waals surface area (Å²) in [7, 11) is 0. The highest BCUT2D eigenvalue weighted by Gasteiger charge is 2.51. The topological polar surface area (TPSA) is 56.4 Å². The summed E-state index contributed by atoms with van der Waals surface area (Å²) < 4.78 is 10.8. The Morgan fingerprint density at radius 2 is 1.52 bits per heavy atom. The molecule has 0 spiro atoms. The minimum absolute atomic E-state index is 0.156. The summed E-state index contributed by atoms with van der Waals surface area (Å²) in [6.07, 6.45) is -1.52. The van der Waals surface area contributed by atoms with Crippen molar-refractivity contribution in [3.8, 4) is 0 Å². The molecule has 7 rings (SSSR count). The molecule has 1 fully saturated rings. The van der Waals surface area contributed by atoms with Crippen molar-refractivity contribution >= 4 is 49.4 Å². The van der Waals surface area contributed by atoms with Gasteiger partial charge >= 0.3 is 0 Å². The molecule has 1 N–H and O–H groups in total. The Morgan fingerprint density at radius 3 is 2.28 bits per heavy atom. The number of carbonyl (C=O) groups excluding carboxylic acids is 1. The van der Waals surface area contributed by atoms with Gasteiger partial charge in [0, 0.05) is 21.5 Å². The van der Waals surface area contributed by atoms with E-state index in [4.69, 9.17) is 4.74 Å². The first-order valence-electron chi connectivity index (χ1n) is 9.93. The molecule has 29 heavy (non-hydrogen) atoms. The van der Waals surface area contributed by atoms with E-state index in [2.05, 4.69) is 39.5 Å². The van der Waals surface area contributed by atoms with E-state index in [-0.39, 0.29) is 12.2 Å². The molecule has 2 bridgehead atoms. The van der Waals surface area contributed by atoms with E-state index in [9.17, 15) is 9.90 Å². The molecular weight excluding hydrogens is 364 g/mol. The first-order valence-corrected chi connectivity index (χ1v) is 9.93. The molecule has 0 amide bonds. The maximum atomic E-state index is 12.9. The smallest absolute Gasteiger partial charge is 0.178 e. The van der Waals surface area contributed by atoms with Gasteiger partial charge in [0.25, 0.3) is 0 Å². The largest absolute Gasteiger partial charge is 0.380 e. The predicted octanol–water partition coefficient (Wildman–Crippen LogP) is 4.44. The number of aliphatic hydroxyl groups excluding tert-OH is 1. The van der Waals surface area contributed by atoms with Crippen molar-refractivity contribution < 1.29 is 14.6 Å². The molecule has 3 aromatic carbocycles. The van der Waals surface area contributed by atoms with Gasteiger partial charge in [-0.05, 0) is 19.1 Å². The maximum absolute atomic E-state index is 12.9. The van der Waals surface area contributed by atoms with Crippen molar-refractivity contribution in [2.45, 2.75) is 31.4 Å². The van der Waals surface area contributed by atoms with Gasteiger partial charge in [0.05, 0.1) is 28.5 Å². The van der Waals surface area contributed by atoms with Gasteiger partial charge in [-0.15, -0.1) is 0 Å². The van der Waals surface area contributed by atoms with E-state index < -0.39 is 18.1 Å². The minimum atomic E-state index is -1.22. The molecule has 142 valence electrons. The normalized spacial score (nSPS) is 26.2. The lowest BCUT2D eigenvalue weighted by Gasteiger charge is -2.42. The van der Waals surface area contributed by atoms with Crippen LogP contribution in [0.4, 0.5) is 0 Å². The Hall–Kier alpha value is -3.15. The second-order valence-corrected chi connectivity index (χ2v) is 8.30. The van der Waals surface area contributed by atoms with Crippen LogP contribution in [0.3, 0.4) is 0 Å². The number of ketones is 1. The fraction of sp³-hybridized carbons (Fsp3) is 0.208. The van der Waals surface area contributed by atoms with Crippen molar-refractivity contribution in [3.05, 3.63) is 60.7 Å². The molecule has 1 saturated heterocycles. The fourth-order valence-corrected chi connectivity index (χ4v) is 5.58. The van der Waals surface area contributed by atoms with Crippen LogP contribution in [-0.4, -0.2) is 26.1 Å². The summed E-state index contributed by atoms with van der Waals surface area (Å²) in [4.78, 5) is 12.9. The molecule has 3 atom stereocenters. The summed E-state index contributed by atoms with van der Waals surface area (Å²) in [6.45, 7) is 1.83. The SMILES string of the molecule is C[C@]12O[C@H](CC(=O)[C@H]1O)n1c3ccccc3c3ccc4c5ccccc5n2c4c31. The summed E-state index contributed by atoms with van der Waals surface area (Å²) in [5.74, 6) is -0.187. The zero-order chi connectivity index (χ0) is 19.5. The van der Waals surface area contributed by atoms with Gasteiger partial charge in [0.1, 0.15) is 6.23 Å². The van der Waals surface area contributed by atoms with Crippen LogP contribution in [0.2, 0.25) is 0 Å². The number of Topliss-reactive ketones (excluding diaryl/α,β-unsaturated/α-hetero) is 1. The molecule has 2 aromatic heterocycles. The Kier molecular flexibility index (Phi) is 2.65. The summed E-state index contributed by atoms with van der Waals surface area (Å²) in [6, 6.07) is 20.7. The first-order chi connectivity index (χ1) is 14.1. The lowest BCUT2D eigenvalue weighted by Crippen LogP contribution is -2.53. The van der Waals surface area contributed by atoms with Gasteiger partial charge in [-0.25, -0.2) is 0 Å². The average Bonchev–Trinajstić information content (AvgIpc) is 3.22. The number of aromatic nitrogens is 2. The number of fused-ring (bicyclic) bond motifs is 10. The van der Waals surface area contributed by atoms with Gasteiger partial charge < -0.3 is 19.0 Å². The number of nitrogens with zero attached hydrogens (tertiary/aromatic N) is 2. The van der Waals surface area contributed by atoms with Gasteiger partial charge in [-0.3, -0.25) is 4.79 Å². The van der Waals surface area contributed by atoms with E-state index in [1.165, 1.54) is 0 Å². The predicted molar refractivity (Wildman–Crippen MR) is 112 cm³/mol.